The Hall–Kier alpha value is -1.81. The zero-order valence-corrected chi connectivity index (χ0v) is 10.9. The first-order valence-electron chi connectivity index (χ1n) is 5.48. The van der Waals surface area contributed by atoms with Gasteiger partial charge in [-0.3, -0.25) is 4.79 Å². The van der Waals surface area contributed by atoms with Crippen LogP contribution in [0.4, 0.5) is 0 Å². The van der Waals surface area contributed by atoms with Crippen molar-refractivity contribution in [3.8, 4) is 11.3 Å². The molecule has 0 radical (unpaired) electrons. The Morgan fingerprint density at radius 2 is 2.06 bits per heavy atom. The van der Waals surface area contributed by atoms with Gasteiger partial charge in [-0.2, -0.15) is 0 Å². The first kappa shape index (κ1) is 12.6. The standard InChI is InChI=1S/C13H13ClN2O2/c1-8-13(9-3-5-10(14)6-4-9)16-11(15-8)7-12(17)18-2/h3-6H,7H2,1-2H3,(H,15,16). The molecule has 1 aromatic heterocycles. The Bertz CT molecular complexity index is 561. The van der Waals surface area contributed by atoms with Crippen molar-refractivity contribution in [1.82, 2.24) is 9.97 Å². The number of aromatic nitrogens is 2. The third-order valence-electron chi connectivity index (χ3n) is 2.59. The number of imidazole rings is 1. The Balaban J connectivity index is 2.29. The van der Waals surface area contributed by atoms with Crippen molar-refractivity contribution in [2.24, 2.45) is 0 Å². The second-order valence-electron chi connectivity index (χ2n) is 3.92. The first-order valence-corrected chi connectivity index (χ1v) is 5.86. The number of H-pyrrole nitrogens is 1. The van der Waals surface area contributed by atoms with E-state index in [9.17, 15) is 4.79 Å². The highest BCUT2D eigenvalue weighted by Crippen LogP contribution is 2.23. The molecule has 2 rings (SSSR count). The summed E-state index contributed by atoms with van der Waals surface area (Å²) in [5.41, 5.74) is 2.70. The molecule has 0 amide bonds. The van der Waals surface area contributed by atoms with Gasteiger partial charge < -0.3 is 9.72 Å². The predicted molar refractivity (Wildman–Crippen MR) is 69.5 cm³/mol. The summed E-state index contributed by atoms with van der Waals surface area (Å²) in [4.78, 5) is 18.7. The molecule has 5 heteroatoms. The van der Waals surface area contributed by atoms with Gasteiger partial charge in [-0.15, -0.1) is 0 Å². The predicted octanol–water partition coefficient (Wildman–Crippen LogP) is 2.75. The van der Waals surface area contributed by atoms with Gasteiger partial charge in [0, 0.05) is 16.3 Å². The third kappa shape index (κ3) is 2.71. The molecule has 0 aliphatic carbocycles. The maximum Gasteiger partial charge on any atom is 0.313 e. The van der Waals surface area contributed by atoms with Crippen LogP contribution in [0.25, 0.3) is 11.3 Å². The number of carbonyl (C=O) groups is 1. The lowest BCUT2D eigenvalue weighted by Gasteiger charge is -1.98. The van der Waals surface area contributed by atoms with Crippen molar-refractivity contribution in [3.63, 3.8) is 0 Å². The van der Waals surface area contributed by atoms with Gasteiger partial charge in [-0.25, -0.2) is 4.98 Å². The van der Waals surface area contributed by atoms with E-state index in [1.54, 1.807) is 0 Å². The lowest BCUT2D eigenvalue weighted by molar-refractivity contribution is -0.139. The fourth-order valence-electron chi connectivity index (χ4n) is 1.70. The summed E-state index contributed by atoms with van der Waals surface area (Å²) in [6.07, 6.45) is 0.144. The molecule has 0 saturated heterocycles. The molecule has 0 spiro atoms. The molecule has 1 heterocycles. The quantitative estimate of drug-likeness (QED) is 0.868. The van der Waals surface area contributed by atoms with E-state index >= 15 is 0 Å². The Labute approximate surface area is 110 Å². The number of methoxy groups -OCH3 is 1. The number of hydrogen-bond donors (Lipinski definition) is 1. The van der Waals surface area contributed by atoms with Crippen LogP contribution in [0.5, 0.6) is 0 Å². The number of aryl methyl sites for hydroxylation is 1. The van der Waals surface area contributed by atoms with E-state index in [-0.39, 0.29) is 12.4 Å². The average Bonchev–Trinajstić information content (AvgIpc) is 2.71. The monoisotopic (exact) mass is 264 g/mol. The molecule has 0 atom stereocenters. The summed E-state index contributed by atoms with van der Waals surface area (Å²) in [6, 6.07) is 7.41. The van der Waals surface area contributed by atoms with E-state index in [0.29, 0.717) is 10.8 Å². The maximum atomic E-state index is 11.2. The second-order valence-corrected chi connectivity index (χ2v) is 4.35. The number of rotatable bonds is 3. The number of carbonyl (C=O) groups excluding carboxylic acids is 1. The van der Waals surface area contributed by atoms with Crippen LogP contribution in [0, 0.1) is 6.92 Å². The van der Waals surface area contributed by atoms with Gasteiger partial charge >= 0.3 is 5.97 Å². The van der Waals surface area contributed by atoms with E-state index in [0.717, 1.165) is 17.0 Å². The Morgan fingerprint density at radius 3 is 2.67 bits per heavy atom. The Kier molecular flexibility index (Phi) is 3.67. The van der Waals surface area contributed by atoms with E-state index in [2.05, 4.69) is 14.7 Å². The smallest absolute Gasteiger partial charge is 0.313 e. The summed E-state index contributed by atoms with van der Waals surface area (Å²) >= 11 is 5.84. The molecule has 4 nitrogen and oxygen atoms in total. The lowest BCUT2D eigenvalue weighted by Crippen LogP contribution is -2.05. The molecular weight excluding hydrogens is 252 g/mol. The molecule has 1 aromatic carbocycles. The zero-order chi connectivity index (χ0) is 13.1. The third-order valence-corrected chi connectivity index (χ3v) is 2.84. The minimum absolute atomic E-state index is 0.144. The number of aromatic amines is 1. The molecule has 0 fully saturated rings. The largest absolute Gasteiger partial charge is 0.469 e. The van der Waals surface area contributed by atoms with Crippen molar-refractivity contribution in [2.75, 3.05) is 7.11 Å². The van der Waals surface area contributed by atoms with Crippen molar-refractivity contribution in [3.05, 3.63) is 40.8 Å². The normalized spacial score (nSPS) is 10.4. The van der Waals surface area contributed by atoms with Crippen LogP contribution >= 0.6 is 11.6 Å². The lowest BCUT2D eigenvalue weighted by atomic mass is 10.1. The van der Waals surface area contributed by atoms with Gasteiger partial charge in [0.1, 0.15) is 12.2 Å². The molecule has 2 aromatic rings. The van der Waals surface area contributed by atoms with E-state index in [4.69, 9.17) is 11.6 Å². The highest BCUT2D eigenvalue weighted by Gasteiger charge is 2.11. The molecule has 1 N–H and O–H groups in total. The summed E-state index contributed by atoms with van der Waals surface area (Å²) < 4.78 is 4.61. The van der Waals surface area contributed by atoms with Gasteiger partial charge in [0.25, 0.3) is 0 Å². The average molecular weight is 265 g/mol. The van der Waals surface area contributed by atoms with Crippen LogP contribution in [0.2, 0.25) is 5.02 Å². The van der Waals surface area contributed by atoms with Crippen molar-refractivity contribution in [1.29, 1.82) is 0 Å². The minimum Gasteiger partial charge on any atom is -0.469 e. The summed E-state index contributed by atoms with van der Waals surface area (Å²) in [5.74, 6) is 0.288. The van der Waals surface area contributed by atoms with Gasteiger partial charge in [-0.1, -0.05) is 23.7 Å². The van der Waals surface area contributed by atoms with E-state index in [1.807, 2.05) is 31.2 Å². The van der Waals surface area contributed by atoms with E-state index < -0.39 is 0 Å². The minimum atomic E-state index is -0.314. The highest BCUT2D eigenvalue weighted by molar-refractivity contribution is 6.30. The molecular formula is C13H13ClN2O2. The molecule has 0 aliphatic heterocycles. The summed E-state index contributed by atoms with van der Waals surface area (Å²) in [7, 11) is 1.36. The number of esters is 1. The van der Waals surface area contributed by atoms with Crippen LogP contribution < -0.4 is 0 Å². The number of ether oxygens (including phenoxy) is 1. The number of nitrogens with one attached hydrogen (secondary N) is 1. The first-order chi connectivity index (χ1) is 8.60. The Morgan fingerprint density at radius 1 is 1.39 bits per heavy atom. The summed E-state index contributed by atoms with van der Waals surface area (Å²) in [5, 5.41) is 0.682. The fraction of sp³-hybridized carbons (Fsp3) is 0.231. The second kappa shape index (κ2) is 5.23. The van der Waals surface area contributed by atoms with Crippen molar-refractivity contribution < 1.29 is 9.53 Å². The van der Waals surface area contributed by atoms with Crippen LogP contribution in [0.15, 0.2) is 24.3 Å². The van der Waals surface area contributed by atoms with Crippen molar-refractivity contribution >= 4 is 17.6 Å². The highest BCUT2D eigenvalue weighted by atomic mass is 35.5. The molecule has 0 saturated carbocycles. The molecule has 0 unspecified atom stereocenters. The SMILES string of the molecule is COC(=O)Cc1nc(-c2ccc(Cl)cc2)c(C)[nH]1. The van der Waals surface area contributed by atoms with E-state index in [1.165, 1.54) is 7.11 Å². The number of halogens is 1. The molecule has 0 bridgehead atoms. The van der Waals surface area contributed by atoms with Crippen LogP contribution in [-0.4, -0.2) is 23.0 Å². The molecule has 0 aliphatic rings. The maximum absolute atomic E-state index is 11.2. The molecule has 18 heavy (non-hydrogen) atoms. The fourth-order valence-corrected chi connectivity index (χ4v) is 1.83. The van der Waals surface area contributed by atoms with Gasteiger partial charge in [0.05, 0.1) is 12.8 Å². The van der Waals surface area contributed by atoms with Crippen LogP contribution in [0.1, 0.15) is 11.5 Å². The zero-order valence-electron chi connectivity index (χ0n) is 10.2. The van der Waals surface area contributed by atoms with Crippen molar-refractivity contribution in [2.45, 2.75) is 13.3 Å². The number of nitrogens with zero attached hydrogens (tertiary/aromatic N) is 1. The van der Waals surface area contributed by atoms with Gasteiger partial charge in [0.15, 0.2) is 0 Å². The van der Waals surface area contributed by atoms with Crippen LogP contribution in [-0.2, 0) is 16.0 Å². The van der Waals surface area contributed by atoms with Gasteiger partial charge in [-0.05, 0) is 19.1 Å². The van der Waals surface area contributed by atoms with Crippen LogP contribution in [0.3, 0.4) is 0 Å². The number of hydrogen-bond acceptors (Lipinski definition) is 3. The number of benzene rings is 1. The molecule has 94 valence electrons. The van der Waals surface area contributed by atoms with Gasteiger partial charge in [0.2, 0.25) is 0 Å². The topological polar surface area (TPSA) is 55.0 Å². The summed E-state index contributed by atoms with van der Waals surface area (Å²) in [6.45, 7) is 1.91.